The molecule has 0 amide bonds. The van der Waals surface area contributed by atoms with Crippen molar-refractivity contribution in [2.75, 3.05) is 19.7 Å². The molecule has 1 N–H and O–H groups in total. The zero-order chi connectivity index (χ0) is 14.8. The summed E-state index contributed by atoms with van der Waals surface area (Å²) in [7, 11) is 0. The second kappa shape index (κ2) is 4.52. The maximum absolute atomic E-state index is 6.26. The highest BCUT2D eigenvalue weighted by molar-refractivity contribution is 7.80. The van der Waals surface area contributed by atoms with Crippen LogP contribution in [0.25, 0.3) is 0 Å². The van der Waals surface area contributed by atoms with Crippen molar-refractivity contribution in [2.45, 2.75) is 63.1 Å². The van der Waals surface area contributed by atoms with Crippen molar-refractivity contribution < 1.29 is 18.9 Å². The number of thiocarbonyl (C=S) groups is 1. The van der Waals surface area contributed by atoms with Crippen LogP contribution >= 0.6 is 12.2 Å². The lowest BCUT2D eigenvalue weighted by Crippen LogP contribution is -2.64. The van der Waals surface area contributed by atoms with Gasteiger partial charge in [0.15, 0.2) is 17.2 Å². The summed E-state index contributed by atoms with van der Waals surface area (Å²) in [6.07, 6.45) is 0.338. The maximum Gasteiger partial charge on any atom is 0.181 e. The van der Waals surface area contributed by atoms with Crippen molar-refractivity contribution in [1.82, 2.24) is 10.2 Å². The summed E-state index contributed by atoms with van der Waals surface area (Å²) in [5.74, 6) is -0.599. The summed E-state index contributed by atoms with van der Waals surface area (Å²) in [5.41, 5.74) is -0.394. The van der Waals surface area contributed by atoms with Crippen molar-refractivity contribution in [3.63, 3.8) is 0 Å². The Morgan fingerprint density at radius 2 is 2.14 bits per heavy atom. The van der Waals surface area contributed by atoms with Crippen LogP contribution in [0.2, 0.25) is 0 Å². The predicted octanol–water partition coefficient (Wildman–Crippen LogP) is 0.601. The number of hydrogen-bond donors (Lipinski definition) is 1. The van der Waals surface area contributed by atoms with Crippen molar-refractivity contribution in [1.29, 1.82) is 0 Å². The van der Waals surface area contributed by atoms with Crippen LogP contribution in [0.3, 0.4) is 0 Å². The molecule has 21 heavy (non-hydrogen) atoms. The molecule has 4 aliphatic heterocycles. The Morgan fingerprint density at radius 3 is 2.81 bits per heavy atom. The van der Waals surface area contributed by atoms with Gasteiger partial charge in [-0.05, 0) is 32.5 Å². The average molecular weight is 314 g/mol. The van der Waals surface area contributed by atoms with E-state index >= 15 is 0 Å². The van der Waals surface area contributed by atoms with E-state index in [1.807, 2.05) is 13.8 Å². The summed E-state index contributed by atoms with van der Waals surface area (Å²) in [6.45, 7) is 8.28. The molecule has 0 aromatic rings. The monoisotopic (exact) mass is 314 g/mol. The maximum atomic E-state index is 6.26. The normalized spacial score (nSPS) is 47.6. The zero-order valence-corrected chi connectivity index (χ0v) is 13.4. The molecular formula is C14H22N2O4S. The molecule has 0 aromatic heterocycles. The van der Waals surface area contributed by atoms with Crippen LogP contribution in [0.5, 0.6) is 0 Å². The fourth-order valence-electron chi connectivity index (χ4n) is 3.92. The SMILES string of the molecule is CC[C@@]12COC(O1)[C@H](N1CCNC1=S)[C@H]1OC(C)(C)O[C@H]12. The van der Waals surface area contributed by atoms with Crippen LogP contribution in [0.1, 0.15) is 27.2 Å². The predicted molar refractivity (Wildman–Crippen MR) is 78.8 cm³/mol. The lowest BCUT2D eigenvalue weighted by atomic mass is 9.85. The molecule has 0 aromatic carbocycles. The first-order valence-corrected chi connectivity index (χ1v) is 8.06. The lowest BCUT2D eigenvalue weighted by Gasteiger charge is -2.45. The van der Waals surface area contributed by atoms with E-state index in [1.165, 1.54) is 0 Å². The molecule has 0 radical (unpaired) electrons. The van der Waals surface area contributed by atoms with E-state index in [0.717, 1.165) is 24.6 Å². The summed E-state index contributed by atoms with van der Waals surface area (Å²) in [6, 6.07) is -0.0542. The first kappa shape index (κ1) is 14.1. The summed E-state index contributed by atoms with van der Waals surface area (Å²) >= 11 is 5.42. The van der Waals surface area contributed by atoms with E-state index in [-0.39, 0.29) is 24.5 Å². The summed E-state index contributed by atoms with van der Waals surface area (Å²) in [4.78, 5) is 2.13. The Hall–Kier alpha value is -0.470. The van der Waals surface area contributed by atoms with Gasteiger partial charge in [0.25, 0.3) is 0 Å². The van der Waals surface area contributed by atoms with Crippen molar-refractivity contribution >= 4 is 17.3 Å². The molecule has 4 saturated heterocycles. The topological polar surface area (TPSA) is 52.2 Å². The minimum atomic E-state index is -0.599. The van der Waals surface area contributed by atoms with Crippen LogP contribution in [0.15, 0.2) is 0 Å². The molecule has 4 heterocycles. The second-order valence-corrected chi connectivity index (χ2v) is 7.04. The van der Waals surface area contributed by atoms with E-state index in [0.29, 0.717) is 6.61 Å². The molecule has 4 fully saturated rings. The first-order chi connectivity index (χ1) is 9.96. The molecule has 4 rings (SSSR count). The first-order valence-electron chi connectivity index (χ1n) is 7.65. The number of nitrogens with zero attached hydrogens (tertiary/aromatic N) is 1. The van der Waals surface area contributed by atoms with Gasteiger partial charge in [0.05, 0.1) is 6.61 Å². The quantitative estimate of drug-likeness (QED) is 0.749. The van der Waals surface area contributed by atoms with E-state index in [1.54, 1.807) is 0 Å². The molecule has 4 aliphatic rings. The third-order valence-corrected chi connectivity index (χ3v) is 5.33. The van der Waals surface area contributed by atoms with Crippen LogP contribution < -0.4 is 5.32 Å². The summed E-state index contributed by atoms with van der Waals surface area (Å²) < 4.78 is 24.6. The van der Waals surface area contributed by atoms with Crippen molar-refractivity contribution in [3.05, 3.63) is 0 Å². The fraction of sp³-hybridized carbons (Fsp3) is 0.929. The molecule has 6 nitrogen and oxygen atoms in total. The average Bonchev–Trinajstić information content (AvgIpc) is 3.09. The Balaban J connectivity index is 1.71. The summed E-state index contributed by atoms with van der Waals surface area (Å²) in [5, 5.41) is 3.94. The third kappa shape index (κ3) is 1.95. The van der Waals surface area contributed by atoms with E-state index in [2.05, 4.69) is 17.1 Å². The van der Waals surface area contributed by atoms with Gasteiger partial charge in [-0.25, -0.2) is 0 Å². The second-order valence-electron chi connectivity index (χ2n) is 6.65. The lowest BCUT2D eigenvalue weighted by molar-refractivity contribution is -0.208. The molecule has 0 aliphatic carbocycles. The number of fused-ring (bicyclic) bond motifs is 4. The van der Waals surface area contributed by atoms with Crippen molar-refractivity contribution in [2.24, 2.45) is 0 Å². The molecule has 0 saturated carbocycles. The number of rotatable bonds is 2. The van der Waals surface area contributed by atoms with E-state index in [9.17, 15) is 0 Å². The zero-order valence-electron chi connectivity index (χ0n) is 12.6. The highest BCUT2D eigenvalue weighted by Gasteiger charge is 2.66. The van der Waals surface area contributed by atoms with Gasteiger partial charge in [-0.3, -0.25) is 0 Å². The van der Waals surface area contributed by atoms with E-state index in [4.69, 9.17) is 31.2 Å². The third-order valence-electron chi connectivity index (χ3n) is 4.95. The minimum Gasteiger partial charge on any atom is -0.361 e. The molecule has 2 bridgehead atoms. The molecule has 5 atom stereocenters. The highest BCUT2D eigenvalue weighted by atomic mass is 32.1. The van der Waals surface area contributed by atoms with Gasteiger partial charge in [0, 0.05) is 13.1 Å². The van der Waals surface area contributed by atoms with Gasteiger partial charge in [0.1, 0.15) is 23.9 Å². The van der Waals surface area contributed by atoms with Crippen LogP contribution in [-0.4, -0.2) is 65.6 Å². The number of ether oxygens (including phenoxy) is 4. The van der Waals surface area contributed by atoms with Gasteiger partial charge in [-0.15, -0.1) is 0 Å². The number of nitrogens with one attached hydrogen (secondary N) is 1. The van der Waals surface area contributed by atoms with Crippen LogP contribution in [0, 0.1) is 0 Å². The van der Waals surface area contributed by atoms with Gasteiger partial charge in [-0.2, -0.15) is 0 Å². The van der Waals surface area contributed by atoms with E-state index < -0.39 is 11.4 Å². The molecule has 118 valence electrons. The van der Waals surface area contributed by atoms with Gasteiger partial charge in [-0.1, -0.05) is 6.92 Å². The molecule has 7 heteroatoms. The van der Waals surface area contributed by atoms with Crippen LogP contribution in [-0.2, 0) is 18.9 Å². The Bertz CT molecular complexity index is 474. The minimum absolute atomic E-state index is 0.0542. The smallest absolute Gasteiger partial charge is 0.181 e. The molecule has 1 unspecified atom stereocenters. The molecule has 0 spiro atoms. The van der Waals surface area contributed by atoms with Crippen LogP contribution in [0.4, 0.5) is 0 Å². The number of hydrogen-bond acceptors (Lipinski definition) is 5. The Labute approximate surface area is 130 Å². The largest absolute Gasteiger partial charge is 0.361 e. The molecular weight excluding hydrogens is 292 g/mol. The highest BCUT2D eigenvalue weighted by Crippen LogP contribution is 2.49. The van der Waals surface area contributed by atoms with Crippen molar-refractivity contribution in [3.8, 4) is 0 Å². The van der Waals surface area contributed by atoms with Gasteiger partial charge >= 0.3 is 0 Å². The van der Waals surface area contributed by atoms with Gasteiger partial charge in [0.2, 0.25) is 0 Å². The Kier molecular flexibility index (Phi) is 3.04. The Morgan fingerprint density at radius 1 is 1.33 bits per heavy atom. The fourth-order valence-corrected chi connectivity index (χ4v) is 4.24. The van der Waals surface area contributed by atoms with Gasteiger partial charge < -0.3 is 29.2 Å². The standard InChI is InChI=1S/C14H22N2O4S/c1-4-14-7-17-11(20-14)8(16-6-5-15-12(16)21)9-10(14)19-13(2,3)18-9/h8-11H,4-7H2,1-3H3,(H,15,21)/t8-,9-,10-,11?,14+/m1/s1.